The number of hydrogen-bond acceptors (Lipinski definition) is 5. The normalized spacial score (nSPS) is 12.6. The summed E-state index contributed by atoms with van der Waals surface area (Å²) in [6.07, 6.45) is -0.178. The highest BCUT2D eigenvalue weighted by Gasteiger charge is 2.15. The van der Waals surface area contributed by atoms with Crippen LogP contribution in [0.2, 0.25) is 0 Å². The second-order valence-electron chi connectivity index (χ2n) is 3.64. The molecule has 0 aliphatic rings. The van der Waals surface area contributed by atoms with E-state index in [4.69, 9.17) is 15.0 Å². The summed E-state index contributed by atoms with van der Waals surface area (Å²) < 4.78 is 10.6. The third-order valence-corrected chi connectivity index (χ3v) is 2.41. The lowest BCUT2D eigenvalue weighted by molar-refractivity contribution is 0.0683. The van der Waals surface area contributed by atoms with Gasteiger partial charge in [0, 0.05) is 12.3 Å². The maximum Gasteiger partial charge on any atom is 0.260 e. The van der Waals surface area contributed by atoms with E-state index in [2.05, 4.69) is 10.1 Å². The molecule has 0 aliphatic carbocycles. The van der Waals surface area contributed by atoms with Crippen molar-refractivity contribution in [3.8, 4) is 11.5 Å². The van der Waals surface area contributed by atoms with Crippen molar-refractivity contribution in [1.82, 2.24) is 10.1 Å². The number of aromatic nitrogens is 2. The van der Waals surface area contributed by atoms with Gasteiger partial charge in [-0.2, -0.15) is 4.98 Å². The molecular formula is C12H15N3O2. The first-order chi connectivity index (χ1) is 8.22. The van der Waals surface area contributed by atoms with Crippen LogP contribution in [0.4, 0.5) is 5.69 Å². The van der Waals surface area contributed by atoms with Crippen molar-refractivity contribution in [2.24, 2.45) is 0 Å². The van der Waals surface area contributed by atoms with Gasteiger partial charge < -0.3 is 15.0 Å². The van der Waals surface area contributed by atoms with Crippen molar-refractivity contribution in [3.63, 3.8) is 0 Å². The maximum atomic E-state index is 5.84. The second-order valence-corrected chi connectivity index (χ2v) is 3.64. The lowest BCUT2D eigenvalue weighted by Crippen LogP contribution is -2.01. The predicted molar refractivity (Wildman–Crippen MR) is 64.2 cm³/mol. The molecule has 0 radical (unpaired) electrons. The molecule has 1 unspecified atom stereocenters. The summed E-state index contributed by atoms with van der Waals surface area (Å²) in [6, 6.07) is 7.38. The van der Waals surface area contributed by atoms with Crippen LogP contribution < -0.4 is 5.73 Å². The summed E-state index contributed by atoms with van der Waals surface area (Å²) in [4.78, 5) is 4.28. The van der Waals surface area contributed by atoms with Crippen molar-refractivity contribution >= 4 is 5.69 Å². The van der Waals surface area contributed by atoms with E-state index in [1.54, 1.807) is 6.07 Å². The number of ether oxygens (including phenoxy) is 1. The number of anilines is 1. The predicted octanol–water partition coefficient (Wildman–Crippen LogP) is 2.42. The number of benzene rings is 1. The van der Waals surface area contributed by atoms with Crippen LogP contribution in [0.5, 0.6) is 0 Å². The summed E-state index contributed by atoms with van der Waals surface area (Å²) in [5, 5.41) is 3.89. The molecule has 90 valence electrons. The molecule has 17 heavy (non-hydrogen) atoms. The second kappa shape index (κ2) is 4.97. The van der Waals surface area contributed by atoms with Crippen LogP contribution >= 0.6 is 0 Å². The number of hydrogen-bond donors (Lipinski definition) is 1. The Bertz CT molecular complexity index is 496. The summed E-state index contributed by atoms with van der Waals surface area (Å²) >= 11 is 0. The van der Waals surface area contributed by atoms with Crippen LogP contribution in [0.25, 0.3) is 11.5 Å². The summed E-state index contributed by atoms with van der Waals surface area (Å²) in [5.74, 6) is 0.953. The van der Waals surface area contributed by atoms with E-state index in [-0.39, 0.29) is 6.10 Å². The van der Waals surface area contributed by atoms with Crippen molar-refractivity contribution in [2.75, 3.05) is 12.3 Å². The van der Waals surface area contributed by atoms with Crippen LogP contribution in [0.15, 0.2) is 28.8 Å². The lowest BCUT2D eigenvalue weighted by atomic mass is 10.2. The van der Waals surface area contributed by atoms with Gasteiger partial charge >= 0.3 is 0 Å². The van der Waals surface area contributed by atoms with Gasteiger partial charge in [0.15, 0.2) is 0 Å². The van der Waals surface area contributed by atoms with Crippen molar-refractivity contribution in [2.45, 2.75) is 20.0 Å². The Morgan fingerprint density at radius 1 is 1.41 bits per heavy atom. The standard InChI is InChI=1S/C12H15N3O2/c1-3-16-8(2)11-14-12(17-15-11)9-6-4-5-7-10(9)13/h4-8H,3,13H2,1-2H3. The molecule has 0 saturated heterocycles. The molecule has 0 bridgehead atoms. The quantitative estimate of drug-likeness (QED) is 0.821. The first-order valence-electron chi connectivity index (χ1n) is 5.52. The van der Waals surface area contributed by atoms with E-state index in [1.165, 1.54) is 0 Å². The smallest absolute Gasteiger partial charge is 0.260 e. The zero-order valence-electron chi connectivity index (χ0n) is 9.88. The molecular weight excluding hydrogens is 218 g/mol. The van der Waals surface area contributed by atoms with Crippen molar-refractivity contribution in [1.29, 1.82) is 0 Å². The molecule has 1 aromatic carbocycles. The van der Waals surface area contributed by atoms with Gasteiger partial charge in [-0.1, -0.05) is 17.3 Å². The Kier molecular flexibility index (Phi) is 3.39. The van der Waals surface area contributed by atoms with Gasteiger partial charge in [-0.15, -0.1) is 0 Å². The average Bonchev–Trinajstić information content (AvgIpc) is 2.79. The topological polar surface area (TPSA) is 74.2 Å². The van der Waals surface area contributed by atoms with Crippen molar-refractivity contribution < 1.29 is 9.26 Å². The minimum atomic E-state index is -0.178. The molecule has 1 heterocycles. The first-order valence-corrected chi connectivity index (χ1v) is 5.52. The van der Waals surface area contributed by atoms with Gasteiger partial charge in [0.2, 0.25) is 5.82 Å². The van der Waals surface area contributed by atoms with Crippen molar-refractivity contribution in [3.05, 3.63) is 30.1 Å². The van der Waals surface area contributed by atoms with E-state index in [0.717, 1.165) is 5.56 Å². The molecule has 0 fully saturated rings. The Hall–Kier alpha value is -1.88. The highest BCUT2D eigenvalue weighted by atomic mass is 16.5. The van der Waals surface area contributed by atoms with Gasteiger partial charge in [-0.3, -0.25) is 0 Å². The average molecular weight is 233 g/mol. The van der Waals surface area contributed by atoms with Gasteiger partial charge in [0.25, 0.3) is 5.89 Å². The SMILES string of the molecule is CCOC(C)c1noc(-c2ccccc2N)n1. The minimum Gasteiger partial charge on any atom is -0.398 e. The van der Waals surface area contributed by atoms with Gasteiger partial charge in [-0.05, 0) is 26.0 Å². The van der Waals surface area contributed by atoms with Crippen LogP contribution in [-0.4, -0.2) is 16.7 Å². The highest BCUT2D eigenvalue weighted by Crippen LogP contribution is 2.25. The van der Waals surface area contributed by atoms with Gasteiger partial charge in [0.1, 0.15) is 6.10 Å². The Labute approximate surface area is 99.6 Å². The number of nitrogens with two attached hydrogens (primary N) is 1. The zero-order chi connectivity index (χ0) is 12.3. The fourth-order valence-corrected chi connectivity index (χ4v) is 1.53. The fourth-order valence-electron chi connectivity index (χ4n) is 1.53. The Balaban J connectivity index is 2.27. The van der Waals surface area contributed by atoms with E-state index >= 15 is 0 Å². The minimum absolute atomic E-state index is 0.178. The number of rotatable bonds is 4. The highest BCUT2D eigenvalue weighted by molar-refractivity contribution is 5.69. The monoisotopic (exact) mass is 233 g/mol. The molecule has 0 spiro atoms. The molecule has 5 heteroatoms. The van der Waals surface area contributed by atoms with Crippen LogP contribution in [0.3, 0.4) is 0 Å². The number of para-hydroxylation sites is 1. The lowest BCUT2D eigenvalue weighted by Gasteiger charge is -2.04. The fraction of sp³-hybridized carbons (Fsp3) is 0.333. The van der Waals surface area contributed by atoms with E-state index in [0.29, 0.717) is 24.0 Å². The van der Waals surface area contributed by atoms with Gasteiger partial charge in [-0.25, -0.2) is 0 Å². The summed E-state index contributed by atoms with van der Waals surface area (Å²) in [5.41, 5.74) is 7.20. The molecule has 0 aliphatic heterocycles. The first kappa shape index (κ1) is 11.6. The number of nitrogen functional groups attached to an aromatic ring is 1. The van der Waals surface area contributed by atoms with Crippen LogP contribution in [0, 0.1) is 0 Å². The molecule has 1 atom stereocenters. The number of nitrogens with zero attached hydrogens (tertiary/aromatic N) is 2. The third-order valence-electron chi connectivity index (χ3n) is 2.41. The maximum absolute atomic E-state index is 5.84. The molecule has 5 nitrogen and oxygen atoms in total. The molecule has 1 aromatic heterocycles. The molecule has 0 saturated carbocycles. The van der Waals surface area contributed by atoms with E-state index < -0.39 is 0 Å². The molecule has 2 N–H and O–H groups in total. The van der Waals surface area contributed by atoms with E-state index in [9.17, 15) is 0 Å². The molecule has 2 rings (SSSR count). The summed E-state index contributed by atoms with van der Waals surface area (Å²) in [6.45, 7) is 4.41. The molecule has 2 aromatic rings. The molecule has 0 amide bonds. The van der Waals surface area contributed by atoms with E-state index in [1.807, 2.05) is 32.0 Å². The third kappa shape index (κ3) is 2.45. The Morgan fingerprint density at radius 3 is 2.88 bits per heavy atom. The van der Waals surface area contributed by atoms with Gasteiger partial charge in [0.05, 0.1) is 5.56 Å². The Morgan fingerprint density at radius 2 is 2.18 bits per heavy atom. The zero-order valence-corrected chi connectivity index (χ0v) is 9.88. The van der Waals surface area contributed by atoms with Crippen LogP contribution in [-0.2, 0) is 4.74 Å². The summed E-state index contributed by atoms with van der Waals surface area (Å²) in [7, 11) is 0. The van der Waals surface area contributed by atoms with Crippen LogP contribution in [0.1, 0.15) is 25.8 Å². The largest absolute Gasteiger partial charge is 0.398 e.